The highest BCUT2D eigenvalue weighted by molar-refractivity contribution is 6.20. The first-order valence-electron chi connectivity index (χ1n) is 9.30. The number of aromatic nitrogens is 2. The molecule has 2 aliphatic rings. The van der Waals surface area contributed by atoms with Crippen molar-refractivity contribution in [2.45, 2.75) is 53.1 Å². The van der Waals surface area contributed by atoms with Crippen molar-refractivity contribution in [3.8, 4) is 0 Å². The van der Waals surface area contributed by atoms with Gasteiger partial charge in [-0.1, -0.05) is 18.3 Å². The van der Waals surface area contributed by atoms with Crippen molar-refractivity contribution in [3.05, 3.63) is 11.4 Å². The molecule has 0 radical (unpaired) electrons. The highest BCUT2D eigenvalue weighted by atomic mass is 16.5. The van der Waals surface area contributed by atoms with Gasteiger partial charge >= 0.3 is 12.0 Å². The summed E-state index contributed by atoms with van der Waals surface area (Å²) in [4.78, 5) is 33.2. The van der Waals surface area contributed by atoms with Gasteiger partial charge in [-0.2, -0.15) is 0 Å². The van der Waals surface area contributed by atoms with Crippen LogP contribution < -0.4 is 4.57 Å². The Labute approximate surface area is 154 Å². The number of imidazole rings is 1. The third kappa shape index (κ3) is 2.72. The van der Waals surface area contributed by atoms with Crippen LogP contribution in [0.25, 0.3) is 0 Å². The number of amides is 3. The maximum Gasteiger partial charge on any atom is 0.402 e. The lowest BCUT2D eigenvalue weighted by Gasteiger charge is -2.33. The predicted octanol–water partition coefficient (Wildman–Crippen LogP) is 1.71. The summed E-state index contributed by atoms with van der Waals surface area (Å²) >= 11 is 0. The van der Waals surface area contributed by atoms with Crippen LogP contribution in [0.4, 0.5) is 10.7 Å². The fourth-order valence-corrected chi connectivity index (χ4v) is 3.59. The topological polar surface area (TPSA) is 71.0 Å². The van der Waals surface area contributed by atoms with E-state index in [0.29, 0.717) is 19.0 Å². The Balaban J connectivity index is 1.99. The van der Waals surface area contributed by atoms with E-state index < -0.39 is 6.04 Å². The lowest BCUT2D eigenvalue weighted by atomic mass is 10.1. The van der Waals surface area contributed by atoms with Gasteiger partial charge in [0, 0.05) is 13.7 Å². The zero-order valence-electron chi connectivity index (χ0n) is 16.3. The van der Waals surface area contributed by atoms with Gasteiger partial charge in [0.25, 0.3) is 5.91 Å². The molecule has 8 heteroatoms. The Morgan fingerprint density at radius 2 is 1.96 bits per heavy atom. The van der Waals surface area contributed by atoms with E-state index in [1.54, 1.807) is 7.05 Å². The molecule has 1 fully saturated rings. The number of carbonyl (C=O) groups is 2. The normalized spacial score (nSPS) is 19.1. The first-order valence-corrected chi connectivity index (χ1v) is 9.30. The van der Waals surface area contributed by atoms with Gasteiger partial charge in [0.05, 0.1) is 19.7 Å². The predicted molar refractivity (Wildman–Crippen MR) is 96.5 cm³/mol. The van der Waals surface area contributed by atoms with Gasteiger partial charge in [0.2, 0.25) is 11.9 Å². The van der Waals surface area contributed by atoms with Gasteiger partial charge in [0.15, 0.2) is 0 Å². The number of likely N-dealkylation sites (N-methyl/N-ethyl adjacent to an activating group) is 1. The Kier molecular flexibility index (Phi) is 5.13. The molecule has 26 heavy (non-hydrogen) atoms. The van der Waals surface area contributed by atoms with Crippen LogP contribution in [0, 0.1) is 13.8 Å². The van der Waals surface area contributed by atoms with Crippen molar-refractivity contribution in [3.63, 3.8) is 0 Å². The molecule has 2 aliphatic heterocycles. The minimum Gasteiger partial charge on any atom is -0.380 e. The maximum atomic E-state index is 13.1. The molecule has 3 amide bonds. The van der Waals surface area contributed by atoms with Crippen molar-refractivity contribution < 1.29 is 18.9 Å². The number of carbonyl (C=O) groups excluding carboxylic acids is 2. The molecule has 3 rings (SSSR count). The monoisotopic (exact) mass is 362 g/mol. The Morgan fingerprint density at radius 3 is 2.62 bits per heavy atom. The number of nitrogens with zero attached hydrogens (tertiary/aromatic N) is 5. The molecule has 0 aliphatic carbocycles. The van der Waals surface area contributed by atoms with Crippen LogP contribution in [0.3, 0.4) is 0 Å². The summed E-state index contributed by atoms with van der Waals surface area (Å²) in [5.74, 6) is 1.04. The first-order chi connectivity index (χ1) is 12.4. The van der Waals surface area contributed by atoms with Gasteiger partial charge < -0.3 is 4.74 Å². The van der Waals surface area contributed by atoms with Crippen LogP contribution in [0.15, 0.2) is 4.99 Å². The zero-order chi connectivity index (χ0) is 19.0. The van der Waals surface area contributed by atoms with Crippen molar-refractivity contribution in [2.75, 3.05) is 26.8 Å². The maximum absolute atomic E-state index is 13.1. The number of hydrogen-bond acceptors (Lipinski definition) is 4. The van der Waals surface area contributed by atoms with Crippen LogP contribution in [0.5, 0.6) is 0 Å². The average Bonchev–Trinajstić information content (AvgIpc) is 3.12. The van der Waals surface area contributed by atoms with E-state index in [1.165, 1.54) is 9.80 Å². The highest BCUT2D eigenvalue weighted by Crippen LogP contribution is 2.35. The van der Waals surface area contributed by atoms with E-state index in [0.717, 1.165) is 36.7 Å². The van der Waals surface area contributed by atoms with E-state index in [2.05, 4.69) is 23.4 Å². The molecule has 142 valence electrons. The summed E-state index contributed by atoms with van der Waals surface area (Å²) in [6, 6.07) is -0.916. The second-order valence-electron chi connectivity index (χ2n) is 6.75. The van der Waals surface area contributed by atoms with Crippen LogP contribution in [0.2, 0.25) is 0 Å². The third-order valence-electron chi connectivity index (χ3n) is 5.22. The lowest BCUT2D eigenvalue weighted by molar-refractivity contribution is -0.689. The number of hydrogen-bond donors (Lipinski definition) is 0. The van der Waals surface area contributed by atoms with Gasteiger partial charge in [-0.25, -0.2) is 13.9 Å². The molecule has 1 unspecified atom stereocenters. The molecular formula is C18H28N5O3+. The Hall–Kier alpha value is -2.22. The van der Waals surface area contributed by atoms with Gasteiger partial charge in [0.1, 0.15) is 11.4 Å². The number of rotatable bonds is 7. The smallest absolute Gasteiger partial charge is 0.380 e. The molecule has 8 nitrogen and oxygen atoms in total. The molecule has 0 aromatic carbocycles. The summed E-state index contributed by atoms with van der Waals surface area (Å²) in [5, 5.41) is 0. The second kappa shape index (κ2) is 7.19. The van der Waals surface area contributed by atoms with Crippen molar-refractivity contribution in [2.24, 2.45) is 4.99 Å². The lowest BCUT2D eigenvalue weighted by Crippen LogP contribution is -2.58. The summed E-state index contributed by atoms with van der Waals surface area (Å²) in [5.41, 5.74) is 2.13. The van der Waals surface area contributed by atoms with E-state index >= 15 is 0 Å². The molecule has 0 saturated carbocycles. The first kappa shape index (κ1) is 18.6. The van der Waals surface area contributed by atoms with Gasteiger partial charge in [-0.15, -0.1) is 0 Å². The number of ether oxygens (including phenoxy) is 1. The molecule has 1 aromatic rings. The number of aliphatic imine (C=N–C) groups is 1. The Bertz CT molecular complexity index is 767. The summed E-state index contributed by atoms with van der Waals surface area (Å²) in [7, 11) is 1.68. The number of imide groups is 1. The molecule has 0 N–H and O–H groups in total. The molecule has 1 atom stereocenters. The van der Waals surface area contributed by atoms with E-state index in [4.69, 9.17) is 4.74 Å². The minimum atomic E-state index is -0.573. The molecular weight excluding hydrogens is 334 g/mol. The van der Waals surface area contributed by atoms with Crippen LogP contribution in [-0.4, -0.2) is 58.9 Å². The van der Waals surface area contributed by atoms with Crippen molar-refractivity contribution in [1.29, 1.82) is 0 Å². The number of fused-ring (bicyclic) bond motifs is 3. The zero-order valence-corrected chi connectivity index (χ0v) is 16.3. The van der Waals surface area contributed by atoms with Gasteiger partial charge in [-0.05, 0) is 27.2 Å². The van der Waals surface area contributed by atoms with Gasteiger partial charge in [-0.3, -0.25) is 14.6 Å². The van der Waals surface area contributed by atoms with Crippen LogP contribution in [0.1, 0.15) is 44.1 Å². The van der Waals surface area contributed by atoms with E-state index in [1.807, 2.05) is 18.4 Å². The largest absolute Gasteiger partial charge is 0.402 e. The van der Waals surface area contributed by atoms with Crippen LogP contribution >= 0.6 is 0 Å². The summed E-state index contributed by atoms with van der Waals surface area (Å²) in [6.45, 7) is 10.1. The Morgan fingerprint density at radius 1 is 1.23 bits per heavy atom. The molecule has 0 bridgehead atoms. The summed E-state index contributed by atoms with van der Waals surface area (Å²) < 4.78 is 9.46. The fourth-order valence-electron chi connectivity index (χ4n) is 3.59. The molecule has 0 spiro atoms. The SMILES string of the molecule is CCCC[n+]1c(C)c(C)n2c1N=C1C2C(=O)N(CCOCC)C(=O)N1C. The minimum absolute atomic E-state index is 0.231. The summed E-state index contributed by atoms with van der Waals surface area (Å²) in [6.07, 6.45) is 2.12. The number of urea groups is 1. The molecule has 1 saturated heterocycles. The van der Waals surface area contributed by atoms with Crippen molar-refractivity contribution >= 4 is 23.7 Å². The second-order valence-corrected chi connectivity index (χ2v) is 6.75. The van der Waals surface area contributed by atoms with Crippen LogP contribution in [-0.2, 0) is 16.1 Å². The highest BCUT2D eigenvalue weighted by Gasteiger charge is 2.53. The third-order valence-corrected chi connectivity index (χ3v) is 5.22. The fraction of sp³-hybridized carbons (Fsp3) is 0.667. The number of amidine groups is 1. The average molecular weight is 362 g/mol. The van der Waals surface area contributed by atoms with E-state index in [9.17, 15) is 9.59 Å². The number of unbranched alkanes of at least 4 members (excludes halogenated alkanes) is 1. The standard InChI is InChI=1S/C18H28N5O3/c1-6-8-9-21-12(3)13(4)23-14-15(19-17(21)23)20(5)18(25)22(16(14)24)10-11-26-7-2/h14H,6-11H2,1-5H3/q+1. The van der Waals surface area contributed by atoms with Crippen molar-refractivity contribution in [1.82, 2.24) is 14.4 Å². The van der Waals surface area contributed by atoms with E-state index in [-0.39, 0.29) is 18.5 Å². The molecule has 1 aromatic heterocycles. The molecule has 3 heterocycles. The quantitative estimate of drug-likeness (QED) is 0.548.